The molecule has 3 amide bonds. The molecule has 2 aromatic rings. The van der Waals surface area contributed by atoms with Gasteiger partial charge in [-0.25, -0.2) is 23.1 Å². The fourth-order valence-electron chi connectivity index (χ4n) is 4.03. The van der Waals surface area contributed by atoms with Crippen LogP contribution in [0.2, 0.25) is 0 Å². The summed E-state index contributed by atoms with van der Waals surface area (Å²) in [5.41, 5.74) is -0.0911. The Morgan fingerprint density at radius 2 is 1.79 bits per heavy atom. The second kappa shape index (κ2) is 6.57. The highest BCUT2D eigenvalue weighted by molar-refractivity contribution is 5.90. The molecule has 3 atom stereocenters. The van der Waals surface area contributed by atoms with Crippen molar-refractivity contribution in [2.75, 3.05) is 29.4 Å². The first-order valence-corrected chi connectivity index (χ1v) is 9.11. The number of benzene rings is 1. The van der Waals surface area contributed by atoms with E-state index in [1.54, 1.807) is 11.1 Å². The number of rotatable bonds is 4. The van der Waals surface area contributed by atoms with Crippen LogP contribution in [0.15, 0.2) is 24.5 Å². The van der Waals surface area contributed by atoms with Gasteiger partial charge in [0, 0.05) is 31.4 Å². The molecule has 4 heterocycles. The number of fused-ring (bicyclic) bond motifs is 1. The molecule has 3 aliphatic heterocycles. The molecule has 3 aliphatic rings. The van der Waals surface area contributed by atoms with Crippen LogP contribution in [0.5, 0.6) is 0 Å². The Balaban J connectivity index is 1.33. The van der Waals surface area contributed by atoms with Crippen molar-refractivity contribution < 1.29 is 23.1 Å². The van der Waals surface area contributed by atoms with Crippen molar-refractivity contribution in [3.05, 3.63) is 36.2 Å². The zero-order valence-electron chi connectivity index (χ0n) is 15.1. The summed E-state index contributed by atoms with van der Waals surface area (Å²) in [4.78, 5) is 26.3. The average molecular weight is 405 g/mol. The first-order valence-electron chi connectivity index (χ1n) is 9.11. The molecule has 0 radical (unpaired) electrons. The summed E-state index contributed by atoms with van der Waals surface area (Å²) in [5.74, 6) is -1.56. The maximum absolute atomic E-state index is 14.8. The molecule has 10 nitrogen and oxygen atoms in total. The third kappa shape index (κ3) is 3.09. The number of aromatic nitrogens is 3. The number of cyclic esters (lactones) is 1. The SMILES string of the molecule is O=C1NC2CN(c3c(F)cc(N4C[C@H](Cn5ccnn5)OC4=O)cc3F)CC2N1. The lowest BCUT2D eigenvalue weighted by molar-refractivity contribution is 0.129. The standard InChI is InChI=1S/C17H17F2N7O3/c18-11-3-9(26-6-10(29-17(26)28)5-25-2-1-20-23-25)4-12(19)15(11)24-7-13-14(8-24)22-16(27)21-13/h1-4,10,13-14H,5-8H2,(H2,21,22,27)/t10-,13?,14?/m0/s1. The van der Waals surface area contributed by atoms with Gasteiger partial charge < -0.3 is 20.3 Å². The molecule has 1 aromatic heterocycles. The molecule has 0 aliphatic carbocycles. The average Bonchev–Trinajstić information content (AvgIpc) is 3.40. The first kappa shape index (κ1) is 17.6. The Kier molecular flexibility index (Phi) is 4.00. The quantitative estimate of drug-likeness (QED) is 0.766. The maximum Gasteiger partial charge on any atom is 0.414 e. The van der Waals surface area contributed by atoms with Crippen LogP contribution >= 0.6 is 0 Å². The van der Waals surface area contributed by atoms with E-state index < -0.39 is 23.8 Å². The van der Waals surface area contributed by atoms with Crippen molar-refractivity contribution in [3.63, 3.8) is 0 Å². The van der Waals surface area contributed by atoms with Gasteiger partial charge in [-0.15, -0.1) is 5.10 Å². The van der Waals surface area contributed by atoms with Crippen LogP contribution in [0, 0.1) is 11.6 Å². The normalized spacial score (nSPS) is 25.8. The van der Waals surface area contributed by atoms with Gasteiger partial charge in [-0.1, -0.05) is 5.21 Å². The highest BCUT2D eigenvalue weighted by Gasteiger charge is 2.41. The zero-order valence-corrected chi connectivity index (χ0v) is 15.1. The number of carbonyl (C=O) groups excluding carboxylic acids is 2. The fourth-order valence-corrected chi connectivity index (χ4v) is 4.03. The van der Waals surface area contributed by atoms with E-state index >= 15 is 0 Å². The Bertz CT molecular complexity index is 931. The largest absolute Gasteiger partial charge is 0.442 e. The summed E-state index contributed by atoms with van der Waals surface area (Å²) in [6, 6.07) is 1.57. The molecule has 5 rings (SSSR count). The van der Waals surface area contributed by atoms with E-state index in [1.165, 1.54) is 15.8 Å². The number of anilines is 2. The van der Waals surface area contributed by atoms with Crippen LogP contribution in [0.3, 0.4) is 0 Å². The van der Waals surface area contributed by atoms with Crippen LogP contribution in [-0.2, 0) is 11.3 Å². The van der Waals surface area contributed by atoms with Crippen molar-refractivity contribution in [2.24, 2.45) is 0 Å². The summed E-state index contributed by atoms with van der Waals surface area (Å²) in [5, 5.41) is 12.9. The van der Waals surface area contributed by atoms with Crippen molar-refractivity contribution >= 4 is 23.5 Å². The second-order valence-electron chi connectivity index (χ2n) is 7.24. The van der Waals surface area contributed by atoms with Crippen LogP contribution < -0.4 is 20.4 Å². The molecule has 152 valence electrons. The van der Waals surface area contributed by atoms with Gasteiger partial charge in [-0.2, -0.15) is 0 Å². The number of ether oxygens (including phenoxy) is 1. The van der Waals surface area contributed by atoms with E-state index in [4.69, 9.17) is 4.74 Å². The monoisotopic (exact) mass is 405 g/mol. The van der Waals surface area contributed by atoms with Gasteiger partial charge in [0.05, 0.1) is 37.1 Å². The number of halogens is 2. The smallest absolute Gasteiger partial charge is 0.414 e. The Labute approximate surface area is 163 Å². The molecular weight excluding hydrogens is 388 g/mol. The van der Waals surface area contributed by atoms with E-state index in [9.17, 15) is 18.4 Å². The lowest BCUT2D eigenvalue weighted by Crippen LogP contribution is -2.35. The third-order valence-corrected chi connectivity index (χ3v) is 5.32. The predicted octanol–water partition coefficient (Wildman–Crippen LogP) is 0.452. The Morgan fingerprint density at radius 3 is 2.41 bits per heavy atom. The summed E-state index contributed by atoms with van der Waals surface area (Å²) in [6.45, 7) is 1.02. The molecule has 2 unspecified atom stereocenters. The molecule has 3 fully saturated rings. The molecule has 0 saturated carbocycles. The highest BCUT2D eigenvalue weighted by Crippen LogP contribution is 2.33. The van der Waals surface area contributed by atoms with Gasteiger partial charge in [0.2, 0.25) is 0 Å². The van der Waals surface area contributed by atoms with Gasteiger partial charge in [0.25, 0.3) is 0 Å². The number of nitrogens with zero attached hydrogens (tertiary/aromatic N) is 5. The van der Waals surface area contributed by atoms with Crippen molar-refractivity contribution in [1.29, 1.82) is 0 Å². The van der Waals surface area contributed by atoms with Crippen molar-refractivity contribution in [3.8, 4) is 0 Å². The van der Waals surface area contributed by atoms with E-state index in [0.29, 0.717) is 19.6 Å². The topological polar surface area (TPSA) is 105 Å². The van der Waals surface area contributed by atoms with Crippen LogP contribution in [-0.4, -0.2) is 64.9 Å². The molecule has 0 spiro atoms. The van der Waals surface area contributed by atoms with Crippen molar-refractivity contribution in [2.45, 2.75) is 24.7 Å². The van der Waals surface area contributed by atoms with Gasteiger partial charge in [-0.05, 0) is 0 Å². The molecule has 12 heteroatoms. The number of carbonyl (C=O) groups is 2. The molecule has 1 aromatic carbocycles. The Hall–Kier alpha value is -3.44. The molecule has 0 bridgehead atoms. The lowest BCUT2D eigenvalue weighted by Gasteiger charge is -2.22. The lowest BCUT2D eigenvalue weighted by atomic mass is 10.2. The minimum atomic E-state index is -0.779. The van der Waals surface area contributed by atoms with Gasteiger partial charge in [0.15, 0.2) is 11.6 Å². The summed E-state index contributed by atoms with van der Waals surface area (Å²) < 4.78 is 36.4. The number of amides is 3. The van der Waals surface area contributed by atoms with Crippen LogP contribution in [0.25, 0.3) is 0 Å². The Morgan fingerprint density at radius 1 is 1.10 bits per heavy atom. The number of nitrogens with one attached hydrogen (secondary N) is 2. The van der Waals surface area contributed by atoms with Gasteiger partial charge >= 0.3 is 12.1 Å². The van der Waals surface area contributed by atoms with Crippen LogP contribution in [0.1, 0.15) is 0 Å². The minimum Gasteiger partial charge on any atom is -0.442 e. The maximum atomic E-state index is 14.8. The highest BCUT2D eigenvalue weighted by atomic mass is 19.1. The van der Waals surface area contributed by atoms with E-state index in [2.05, 4.69) is 20.9 Å². The van der Waals surface area contributed by atoms with Crippen molar-refractivity contribution in [1.82, 2.24) is 25.6 Å². The van der Waals surface area contributed by atoms with E-state index in [-0.39, 0.29) is 36.0 Å². The first-order chi connectivity index (χ1) is 14.0. The van der Waals surface area contributed by atoms with E-state index in [1.807, 2.05) is 0 Å². The van der Waals surface area contributed by atoms with E-state index in [0.717, 1.165) is 12.1 Å². The summed E-state index contributed by atoms with van der Waals surface area (Å²) in [7, 11) is 0. The van der Waals surface area contributed by atoms with Crippen LogP contribution in [0.4, 0.5) is 29.7 Å². The number of urea groups is 1. The number of hydrogen-bond acceptors (Lipinski definition) is 6. The summed E-state index contributed by atoms with van der Waals surface area (Å²) >= 11 is 0. The zero-order chi connectivity index (χ0) is 20.1. The second-order valence-corrected chi connectivity index (χ2v) is 7.24. The molecular formula is C17H17F2N7O3. The number of hydrogen-bond donors (Lipinski definition) is 2. The summed E-state index contributed by atoms with van der Waals surface area (Å²) in [6.07, 6.45) is 1.95. The fraction of sp³-hybridized carbons (Fsp3) is 0.412. The molecule has 3 saturated heterocycles. The molecule has 2 N–H and O–H groups in total. The minimum absolute atomic E-state index is 0.0839. The van der Waals surface area contributed by atoms with Gasteiger partial charge in [0.1, 0.15) is 11.8 Å². The molecule has 29 heavy (non-hydrogen) atoms. The van der Waals surface area contributed by atoms with Gasteiger partial charge in [-0.3, -0.25) is 4.90 Å². The predicted molar refractivity (Wildman–Crippen MR) is 95.5 cm³/mol. The third-order valence-electron chi connectivity index (χ3n) is 5.32.